The van der Waals surface area contributed by atoms with E-state index in [9.17, 15) is 4.79 Å². The SMILES string of the molecule is NC(=O)C1CCN(CCCCN=C(N)N2CCN(c3nccs3)CC2)CC1. The molecule has 2 fully saturated rings. The maximum absolute atomic E-state index is 11.2. The van der Waals surface area contributed by atoms with Crippen molar-refractivity contribution >= 4 is 28.3 Å². The van der Waals surface area contributed by atoms with Crippen molar-refractivity contribution in [2.24, 2.45) is 22.4 Å². The number of likely N-dealkylation sites (tertiary alicyclic amines) is 1. The number of amides is 1. The Morgan fingerprint density at radius 3 is 2.52 bits per heavy atom. The standard InChI is InChI=1S/C18H31N7OS/c19-16(26)15-3-8-23(9-4-15)7-2-1-5-21-17(20)24-10-12-25(13-11-24)18-22-6-14-27-18/h6,14-15H,1-5,7-13H2,(H2,19,26)(H2,20,21). The Bertz CT molecular complexity index is 605. The second kappa shape index (κ2) is 9.89. The molecule has 1 aromatic rings. The number of piperidine rings is 1. The maximum Gasteiger partial charge on any atom is 0.220 e. The molecule has 1 aromatic heterocycles. The Morgan fingerprint density at radius 1 is 1.15 bits per heavy atom. The van der Waals surface area contributed by atoms with E-state index in [1.807, 2.05) is 11.6 Å². The van der Waals surface area contributed by atoms with Crippen molar-refractivity contribution in [1.82, 2.24) is 14.8 Å². The Morgan fingerprint density at radius 2 is 1.89 bits per heavy atom. The fraction of sp³-hybridized carbons (Fsp3) is 0.722. The van der Waals surface area contributed by atoms with Gasteiger partial charge in [0.15, 0.2) is 11.1 Å². The molecule has 4 N–H and O–H groups in total. The number of nitrogens with zero attached hydrogens (tertiary/aromatic N) is 5. The lowest BCUT2D eigenvalue weighted by Gasteiger charge is -2.35. The second-order valence-electron chi connectivity index (χ2n) is 7.25. The molecule has 0 radical (unpaired) electrons. The van der Waals surface area contributed by atoms with Crippen LogP contribution < -0.4 is 16.4 Å². The minimum atomic E-state index is -0.146. The molecule has 0 aliphatic carbocycles. The number of piperazine rings is 1. The van der Waals surface area contributed by atoms with Gasteiger partial charge in [0.05, 0.1) is 0 Å². The molecule has 0 bridgehead atoms. The van der Waals surface area contributed by atoms with Gasteiger partial charge in [0.1, 0.15) is 0 Å². The predicted molar refractivity (Wildman–Crippen MR) is 110 cm³/mol. The highest BCUT2D eigenvalue weighted by Gasteiger charge is 2.22. The average Bonchev–Trinajstić information content (AvgIpc) is 3.23. The molecule has 9 heteroatoms. The highest BCUT2D eigenvalue weighted by atomic mass is 32.1. The highest BCUT2D eigenvalue weighted by molar-refractivity contribution is 7.13. The van der Waals surface area contributed by atoms with Crippen LogP contribution in [0, 0.1) is 5.92 Å². The number of hydrogen-bond donors (Lipinski definition) is 2. The molecule has 27 heavy (non-hydrogen) atoms. The third kappa shape index (κ3) is 5.80. The number of unbranched alkanes of at least 4 members (excludes halogenated alkanes) is 1. The fourth-order valence-corrected chi connectivity index (χ4v) is 4.38. The van der Waals surface area contributed by atoms with E-state index in [-0.39, 0.29) is 11.8 Å². The van der Waals surface area contributed by atoms with E-state index in [1.54, 1.807) is 11.3 Å². The molecule has 1 amide bonds. The molecule has 2 saturated heterocycles. The van der Waals surface area contributed by atoms with Gasteiger partial charge in [0.25, 0.3) is 0 Å². The van der Waals surface area contributed by atoms with Crippen LogP contribution >= 0.6 is 11.3 Å². The van der Waals surface area contributed by atoms with Gasteiger partial charge in [0, 0.05) is 50.2 Å². The van der Waals surface area contributed by atoms with Crippen molar-refractivity contribution in [2.75, 3.05) is 57.3 Å². The van der Waals surface area contributed by atoms with E-state index in [4.69, 9.17) is 11.5 Å². The summed E-state index contributed by atoms with van der Waals surface area (Å²) in [6.45, 7) is 7.44. The number of anilines is 1. The summed E-state index contributed by atoms with van der Waals surface area (Å²) in [4.78, 5) is 27.0. The van der Waals surface area contributed by atoms with E-state index in [2.05, 4.69) is 24.7 Å². The first kappa shape index (κ1) is 19.9. The lowest BCUT2D eigenvalue weighted by atomic mass is 9.96. The Hall–Kier alpha value is -1.87. The molecule has 2 aliphatic rings. The van der Waals surface area contributed by atoms with Crippen molar-refractivity contribution < 1.29 is 4.79 Å². The zero-order valence-corrected chi connectivity index (χ0v) is 16.7. The number of primary amides is 1. The molecule has 8 nitrogen and oxygen atoms in total. The summed E-state index contributed by atoms with van der Waals surface area (Å²) in [7, 11) is 0. The topological polar surface area (TPSA) is 104 Å². The van der Waals surface area contributed by atoms with Crippen LogP contribution in [0.3, 0.4) is 0 Å². The minimum Gasteiger partial charge on any atom is -0.370 e. The molecule has 0 aromatic carbocycles. The van der Waals surface area contributed by atoms with Crippen molar-refractivity contribution in [3.05, 3.63) is 11.6 Å². The van der Waals surface area contributed by atoms with Crippen LogP contribution in [-0.2, 0) is 4.79 Å². The molecule has 150 valence electrons. The zero-order chi connectivity index (χ0) is 19.1. The third-order valence-electron chi connectivity index (χ3n) is 5.44. The summed E-state index contributed by atoms with van der Waals surface area (Å²) in [5.41, 5.74) is 11.6. The van der Waals surface area contributed by atoms with Crippen molar-refractivity contribution in [1.29, 1.82) is 0 Å². The zero-order valence-electron chi connectivity index (χ0n) is 15.9. The number of nitrogens with two attached hydrogens (primary N) is 2. The number of carbonyl (C=O) groups is 1. The number of aliphatic imine (C=N–C) groups is 1. The number of guanidine groups is 1. The smallest absolute Gasteiger partial charge is 0.220 e. The van der Waals surface area contributed by atoms with Crippen LogP contribution in [0.2, 0.25) is 0 Å². The van der Waals surface area contributed by atoms with Gasteiger partial charge >= 0.3 is 0 Å². The Labute approximate surface area is 165 Å². The fourth-order valence-electron chi connectivity index (χ4n) is 3.68. The molecular weight excluding hydrogens is 362 g/mol. The summed E-state index contributed by atoms with van der Waals surface area (Å²) >= 11 is 1.68. The molecular formula is C18H31N7OS. The summed E-state index contributed by atoms with van der Waals surface area (Å²) in [5.74, 6) is 0.588. The van der Waals surface area contributed by atoms with Crippen LogP contribution in [0.1, 0.15) is 25.7 Å². The molecule has 0 spiro atoms. The normalized spacial score (nSPS) is 20.2. The predicted octanol–water partition coefficient (Wildman–Crippen LogP) is 0.557. The first-order valence-electron chi connectivity index (χ1n) is 9.84. The number of thiazole rings is 1. The second-order valence-corrected chi connectivity index (χ2v) is 8.13. The maximum atomic E-state index is 11.2. The van der Waals surface area contributed by atoms with Gasteiger partial charge in [0.2, 0.25) is 5.91 Å². The van der Waals surface area contributed by atoms with E-state index < -0.39 is 0 Å². The van der Waals surface area contributed by atoms with Crippen LogP contribution in [0.25, 0.3) is 0 Å². The third-order valence-corrected chi connectivity index (χ3v) is 6.27. The first-order chi connectivity index (χ1) is 13.1. The van der Waals surface area contributed by atoms with Crippen LogP contribution in [-0.4, -0.2) is 79.0 Å². The van der Waals surface area contributed by atoms with Gasteiger partial charge in [-0.2, -0.15) is 0 Å². The Balaban J connectivity index is 1.28. The number of hydrogen-bond acceptors (Lipinski definition) is 6. The molecule has 0 unspecified atom stereocenters. The van der Waals surface area contributed by atoms with Crippen molar-refractivity contribution in [3.8, 4) is 0 Å². The average molecular weight is 394 g/mol. The molecule has 0 saturated carbocycles. The van der Waals surface area contributed by atoms with Gasteiger partial charge in [-0.05, 0) is 45.3 Å². The quantitative estimate of drug-likeness (QED) is 0.398. The van der Waals surface area contributed by atoms with Crippen LogP contribution in [0.15, 0.2) is 16.6 Å². The molecule has 2 aliphatic heterocycles. The van der Waals surface area contributed by atoms with Gasteiger partial charge in [-0.15, -0.1) is 11.3 Å². The minimum absolute atomic E-state index is 0.0710. The number of rotatable bonds is 7. The summed E-state index contributed by atoms with van der Waals surface area (Å²) in [5, 5.41) is 3.10. The summed E-state index contributed by atoms with van der Waals surface area (Å²) in [6, 6.07) is 0. The highest BCUT2D eigenvalue weighted by Crippen LogP contribution is 2.19. The van der Waals surface area contributed by atoms with Crippen molar-refractivity contribution in [2.45, 2.75) is 25.7 Å². The lowest BCUT2D eigenvalue weighted by molar-refractivity contribution is -0.123. The number of carbonyl (C=O) groups excluding carboxylic acids is 1. The van der Waals surface area contributed by atoms with Gasteiger partial charge in [-0.25, -0.2) is 4.98 Å². The lowest BCUT2D eigenvalue weighted by Crippen LogP contribution is -2.51. The first-order valence-corrected chi connectivity index (χ1v) is 10.7. The molecule has 0 atom stereocenters. The molecule has 3 heterocycles. The van der Waals surface area contributed by atoms with Crippen LogP contribution in [0.5, 0.6) is 0 Å². The van der Waals surface area contributed by atoms with E-state index >= 15 is 0 Å². The molecule has 3 rings (SSSR count). The largest absolute Gasteiger partial charge is 0.370 e. The van der Waals surface area contributed by atoms with Gasteiger partial charge in [-0.1, -0.05) is 0 Å². The Kier molecular flexibility index (Phi) is 7.28. The number of aromatic nitrogens is 1. The van der Waals surface area contributed by atoms with Crippen molar-refractivity contribution in [3.63, 3.8) is 0 Å². The van der Waals surface area contributed by atoms with Gasteiger partial charge in [-0.3, -0.25) is 9.79 Å². The van der Waals surface area contributed by atoms with E-state index in [0.717, 1.165) is 83.2 Å². The summed E-state index contributed by atoms with van der Waals surface area (Å²) < 4.78 is 0. The monoisotopic (exact) mass is 393 g/mol. The van der Waals surface area contributed by atoms with E-state index in [1.165, 1.54) is 0 Å². The van der Waals surface area contributed by atoms with Gasteiger partial charge < -0.3 is 26.2 Å². The summed E-state index contributed by atoms with van der Waals surface area (Å²) in [6.07, 6.45) is 5.79. The van der Waals surface area contributed by atoms with E-state index in [0.29, 0.717) is 5.96 Å². The van der Waals surface area contributed by atoms with Crippen LogP contribution in [0.4, 0.5) is 5.13 Å².